The summed E-state index contributed by atoms with van der Waals surface area (Å²) in [6.45, 7) is 5.79. The van der Waals surface area contributed by atoms with E-state index in [-0.39, 0.29) is 35.1 Å². The molecule has 1 aromatic carbocycles. The van der Waals surface area contributed by atoms with Gasteiger partial charge in [-0.3, -0.25) is 4.79 Å². The Bertz CT molecular complexity index is 785. The normalized spacial score (nSPS) is 13.0. The number of nitrogens with one attached hydrogen (secondary N) is 1. The molecule has 0 aliphatic carbocycles. The van der Waals surface area contributed by atoms with Crippen molar-refractivity contribution in [3.8, 4) is 0 Å². The Hall–Kier alpha value is -2.22. The molecule has 7 nitrogen and oxygen atoms in total. The fourth-order valence-electron chi connectivity index (χ4n) is 2.31. The van der Waals surface area contributed by atoms with Crippen LogP contribution in [0, 0.1) is 0 Å². The standard InChI is InChI=1S/C16H22N4O3S/c1-12(2)20-11-17-19-16(20)13(3)18-15(21)9-10-24(22,23)14-7-5-4-6-8-14/h4-8,11-13H,9-10H2,1-3H3,(H,18,21)/t13-/m1/s1. The Morgan fingerprint density at radius 3 is 2.50 bits per heavy atom. The summed E-state index contributed by atoms with van der Waals surface area (Å²) in [7, 11) is -3.46. The summed E-state index contributed by atoms with van der Waals surface area (Å²) in [5.74, 6) is 0.0801. The van der Waals surface area contributed by atoms with E-state index < -0.39 is 9.84 Å². The molecule has 0 fully saturated rings. The number of carbonyl (C=O) groups is 1. The lowest BCUT2D eigenvalue weighted by molar-refractivity contribution is -0.121. The number of sulfone groups is 1. The molecule has 24 heavy (non-hydrogen) atoms. The third kappa shape index (κ3) is 4.41. The van der Waals surface area contributed by atoms with Crippen LogP contribution >= 0.6 is 0 Å². The van der Waals surface area contributed by atoms with Crippen molar-refractivity contribution in [2.24, 2.45) is 0 Å². The summed E-state index contributed by atoms with van der Waals surface area (Å²) in [5.41, 5.74) is 0. The van der Waals surface area contributed by atoms with Gasteiger partial charge in [0.05, 0.1) is 16.7 Å². The molecular formula is C16H22N4O3S. The maximum absolute atomic E-state index is 12.2. The number of benzene rings is 1. The van der Waals surface area contributed by atoms with Crippen molar-refractivity contribution in [3.05, 3.63) is 42.5 Å². The van der Waals surface area contributed by atoms with Crippen LogP contribution < -0.4 is 5.32 Å². The largest absolute Gasteiger partial charge is 0.346 e. The number of nitrogens with zero attached hydrogens (tertiary/aromatic N) is 3. The molecule has 0 spiro atoms. The van der Waals surface area contributed by atoms with Crippen molar-refractivity contribution in [1.29, 1.82) is 0 Å². The Morgan fingerprint density at radius 2 is 1.88 bits per heavy atom. The van der Waals surface area contributed by atoms with Gasteiger partial charge >= 0.3 is 0 Å². The quantitative estimate of drug-likeness (QED) is 0.823. The molecule has 1 amide bonds. The maximum Gasteiger partial charge on any atom is 0.221 e. The number of hydrogen-bond acceptors (Lipinski definition) is 5. The second-order valence-electron chi connectivity index (χ2n) is 5.86. The second-order valence-corrected chi connectivity index (χ2v) is 7.97. The highest BCUT2D eigenvalue weighted by molar-refractivity contribution is 7.91. The zero-order valence-corrected chi connectivity index (χ0v) is 14.8. The van der Waals surface area contributed by atoms with Gasteiger partial charge in [-0.15, -0.1) is 10.2 Å². The molecule has 130 valence electrons. The van der Waals surface area contributed by atoms with Gasteiger partial charge in [0.2, 0.25) is 5.91 Å². The van der Waals surface area contributed by atoms with Gasteiger partial charge in [0.1, 0.15) is 6.33 Å². The smallest absolute Gasteiger partial charge is 0.221 e. The van der Waals surface area contributed by atoms with Crippen molar-refractivity contribution in [2.75, 3.05) is 5.75 Å². The van der Waals surface area contributed by atoms with Gasteiger partial charge in [0, 0.05) is 12.5 Å². The number of rotatable bonds is 7. The molecule has 1 N–H and O–H groups in total. The van der Waals surface area contributed by atoms with E-state index in [1.807, 2.05) is 18.4 Å². The summed E-state index contributed by atoms with van der Waals surface area (Å²) in [6.07, 6.45) is 1.51. The SMILES string of the molecule is CC(C)n1cnnc1[C@@H](C)NC(=O)CCS(=O)(=O)c1ccccc1. The number of carbonyl (C=O) groups excluding carboxylic acids is 1. The fourth-order valence-corrected chi connectivity index (χ4v) is 3.57. The minimum absolute atomic E-state index is 0.0998. The van der Waals surface area contributed by atoms with Crippen LogP contribution in [0.25, 0.3) is 0 Å². The van der Waals surface area contributed by atoms with Crippen molar-refractivity contribution in [3.63, 3.8) is 0 Å². The molecule has 2 rings (SSSR count). The highest BCUT2D eigenvalue weighted by Crippen LogP contribution is 2.15. The van der Waals surface area contributed by atoms with Crippen LogP contribution in [0.2, 0.25) is 0 Å². The third-order valence-corrected chi connectivity index (χ3v) is 5.35. The Morgan fingerprint density at radius 1 is 1.21 bits per heavy atom. The summed E-state index contributed by atoms with van der Waals surface area (Å²) in [4.78, 5) is 12.3. The van der Waals surface area contributed by atoms with E-state index in [0.29, 0.717) is 5.82 Å². The lowest BCUT2D eigenvalue weighted by Gasteiger charge is -2.16. The molecular weight excluding hydrogens is 328 g/mol. The first-order chi connectivity index (χ1) is 11.3. The monoisotopic (exact) mass is 350 g/mol. The minimum Gasteiger partial charge on any atom is -0.346 e. The predicted molar refractivity (Wildman–Crippen MR) is 90.1 cm³/mol. The van der Waals surface area contributed by atoms with Crippen molar-refractivity contribution >= 4 is 15.7 Å². The lowest BCUT2D eigenvalue weighted by atomic mass is 10.2. The number of hydrogen-bond donors (Lipinski definition) is 1. The Balaban J connectivity index is 1.95. The first-order valence-corrected chi connectivity index (χ1v) is 9.43. The summed E-state index contributed by atoms with van der Waals surface area (Å²) in [5, 5.41) is 10.7. The highest BCUT2D eigenvalue weighted by Gasteiger charge is 2.20. The first kappa shape index (κ1) is 18.1. The van der Waals surface area contributed by atoms with Gasteiger partial charge in [-0.2, -0.15) is 0 Å². The van der Waals surface area contributed by atoms with Gasteiger partial charge in [-0.05, 0) is 32.9 Å². The predicted octanol–water partition coefficient (Wildman–Crippen LogP) is 1.90. The molecule has 8 heteroatoms. The second kappa shape index (κ2) is 7.57. The summed E-state index contributed by atoms with van der Waals surface area (Å²) >= 11 is 0. The molecule has 2 aromatic rings. The minimum atomic E-state index is -3.46. The van der Waals surface area contributed by atoms with Crippen LogP contribution in [-0.2, 0) is 14.6 Å². The molecule has 0 unspecified atom stereocenters. The van der Waals surface area contributed by atoms with Crippen molar-refractivity contribution in [2.45, 2.75) is 44.2 Å². The summed E-state index contributed by atoms with van der Waals surface area (Å²) < 4.78 is 26.2. The van der Waals surface area contributed by atoms with Gasteiger partial charge < -0.3 is 9.88 Å². The molecule has 0 aliphatic heterocycles. The molecule has 0 aliphatic rings. The maximum atomic E-state index is 12.2. The lowest BCUT2D eigenvalue weighted by Crippen LogP contribution is -2.30. The molecule has 1 heterocycles. The van der Waals surface area contributed by atoms with E-state index in [9.17, 15) is 13.2 Å². The van der Waals surface area contributed by atoms with Gasteiger partial charge in [0.25, 0.3) is 0 Å². The molecule has 0 saturated carbocycles. The van der Waals surface area contributed by atoms with E-state index in [2.05, 4.69) is 15.5 Å². The molecule has 0 saturated heterocycles. The van der Waals surface area contributed by atoms with E-state index in [0.717, 1.165) is 0 Å². The third-order valence-electron chi connectivity index (χ3n) is 3.62. The Kier molecular flexibility index (Phi) is 5.71. The van der Waals surface area contributed by atoms with Crippen LogP contribution in [0.1, 0.15) is 45.1 Å². The average molecular weight is 350 g/mol. The number of amides is 1. The van der Waals surface area contributed by atoms with Gasteiger partial charge in [-0.1, -0.05) is 18.2 Å². The summed E-state index contributed by atoms with van der Waals surface area (Å²) in [6, 6.07) is 7.96. The zero-order chi connectivity index (χ0) is 17.7. The molecule has 0 radical (unpaired) electrons. The van der Waals surface area contributed by atoms with Crippen LogP contribution in [0.15, 0.2) is 41.6 Å². The first-order valence-electron chi connectivity index (χ1n) is 7.78. The average Bonchev–Trinajstić information content (AvgIpc) is 3.04. The Labute approximate surface area is 142 Å². The van der Waals surface area contributed by atoms with Gasteiger partial charge in [-0.25, -0.2) is 8.42 Å². The fraction of sp³-hybridized carbons (Fsp3) is 0.438. The van der Waals surface area contributed by atoms with E-state index in [4.69, 9.17) is 0 Å². The van der Waals surface area contributed by atoms with Crippen LogP contribution in [0.3, 0.4) is 0 Å². The van der Waals surface area contributed by atoms with Crippen molar-refractivity contribution < 1.29 is 13.2 Å². The van der Waals surface area contributed by atoms with Gasteiger partial charge in [0.15, 0.2) is 15.7 Å². The molecule has 1 atom stereocenters. The van der Waals surface area contributed by atoms with E-state index in [1.54, 1.807) is 31.5 Å². The van der Waals surface area contributed by atoms with E-state index in [1.165, 1.54) is 12.1 Å². The topological polar surface area (TPSA) is 93.9 Å². The van der Waals surface area contributed by atoms with Crippen LogP contribution in [0.5, 0.6) is 0 Å². The number of aromatic nitrogens is 3. The zero-order valence-electron chi connectivity index (χ0n) is 14.0. The van der Waals surface area contributed by atoms with E-state index >= 15 is 0 Å². The van der Waals surface area contributed by atoms with Crippen LogP contribution in [0.4, 0.5) is 0 Å². The van der Waals surface area contributed by atoms with Crippen LogP contribution in [-0.4, -0.2) is 34.8 Å². The van der Waals surface area contributed by atoms with Crippen molar-refractivity contribution in [1.82, 2.24) is 20.1 Å². The molecule has 0 bridgehead atoms. The highest BCUT2D eigenvalue weighted by atomic mass is 32.2. The molecule has 1 aromatic heterocycles.